The smallest absolute Gasteiger partial charge is 0.405 e. The summed E-state index contributed by atoms with van der Waals surface area (Å²) in [4.78, 5) is 33.7. The first kappa shape index (κ1) is 20.1. The number of methoxy groups -OCH3 is 1. The number of hydrogen-bond acceptors (Lipinski definition) is 5. The number of carbonyl (C=O) groups excluding carboxylic acids is 3. The maximum Gasteiger partial charge on any atom is 0.405 e. The zero-order valence-electron chi connectivity index (χ0n) is 12.6. The summed E-state index contributed by atoms with van der Waals surface area (Å²) in [5.74, 6) is -4.51. The van der Waals surface area contributed by atoms with Crippen molar-refractivity contribution in [3.63, 3.8) is 0 Å². The minimum atomic E-state index is -4.65. The number of imide groups is 1. The molecule has 3 N–H and O–H groups in total. The second kappa shape index (κ2) is 8.26. The summed E-state index contributed by atoms with van der Waals surface area (Å²) in [5, 5.41) is 5.13. The summed E-state index contributed by atoms with van der Waals surface area (Å²) in [6.45, 7) is -2.38. The third kappa shape index (κ3) is 6.61. The van der Waals surface area contributed by atoms with E-state index in [1.165, 1.54) is 5.32 Å². The van der Waals surface area contributed by atoms with E-state index in [1.807, 2.05) is 0 Å². The van der Waals surface area contributed by atoms with Gasteiger partial charge in [-0.15, -0.1) is 0 Å². The predicted molar refractivity (Wildman–Crippen MR) is 73.8 cm³/mol. The molecule has 0 atom stereocenters. The summed E-state index contributed by atoms with van der Waals surface area (Å²) in [7, 11) is 0.977. The average Bonchev–Trinajstić information content (AvgIpc) is 2.50. The molecule has 0 radical (unpaired) electrons. The van der Waals surface area contributed by atoms with E-state index in [-0.39, 0.29) is 0 Å². The molecule has 0 aliphatic carbocycles. The van der Waals surface area contributed by atoms with Crippen LogP contribution in [-0.4, -0.2) is 44.3 Å². The average molecular weight is 369 g/mol. The molecular formula is C13H12F5N3O4. The van der Waals surface area contributed by atoms with Crippen LogP contribution < -0.4 is 16.0 Å². The molecule has 0 aliphatic rings. The first-order valence-electron chi connectivity index (χ1n) is 6.49. The first-order valence-corrected chi connectivity index (χ1v) is 6.49. The molecule has 0 unspecified atom stereocenters. The predicted octanol–water partition coefficient (Wildman–Crippen LogP) is 1.55. The fourth-order valence-electron chi connectivity index (χ4n) is 1.52. The standard InChI is InChI=1S/C13H12F5N3O4/c1-25-11(23)6-2-9(8(15)3-7(6)14)19-4-10(22)21-12(24)20-5-13(16,17)18/h2-3,19H,4-5H2,1H3,(H2,20,21,22,24). The lowest BCUT2D eigenvalue weighted by Crippen LogP contribution is -2.45. The normalized spacial score (nSPS) is 10.8. The second-order valence-corrected chi connectivity index (χ2v) is 4.50. The Morgan fingerprint density at radius 2 is 1.76 bits per heavy atom. The third-order valence-corrected chi connectivity index (χ3v) is 2.60. The minimum Gasteiger partial charge on any atom is -0.465 e. The Balaban J connectivity index is 2.64. The topological polar surface area (TPSA) is 96.5 Å². The van der Waals surface area contributed by atoms with Crippen LogP contribution in [0.1, 0.15) is 10.4 Å². The molecule has 12 heteroatoms. The number of ether oxygens (including phenoxy) is 1. The number of anilines is 1. The van der Waals surface area contributed by atoms with Gasteiger partial charge in [0, 0.05) is 6.07 Å². The van der Waals surface area contributed by atoms with Gasteiger partial charge in [-0.2, -0.15) is 13.2 Å². The third-order valence-electron chi connectivity index (χ3n) is 2.60. The number of rotatable bonds is 5. The van der Waals surface area contributed by atoms with Crippen LogP contribution >= 0.6 is 0 Å². The summed E-state index contributed by atoms with van der Waals surface area (Å²) < 4.78 is 66.9. The highest BCUT2D eigenvalue weighted by molar-refractivity contribution is 5.96. The summed E-state index contributed by atoms with van der Waals surface area (Å²) in [5.41, 5.74) is -1.05. The number of hydrogen-bond donors (Lipinski definition) is 3. The van der Waals surface area contributed by atoms with Gasteiger partial charge in [-0.3, -0.25) is 10.1 Å². The first-order chi connectivity index (χ1) is 11.5. The molecule has 0 aliphatic heterocycles. The number of alkyl halides is 3. The van der Waals surface area contributed by atoms with Crippen molar-refractivity contribution in [2.75, 3.05) is 25.5 Å². The van der Waals surface area contributed by atoms with Crippen LogP contribution in [0.5, 0.6) is 0 Å². The van der Waals surface area contributed by atoms with Crippen LogP contribution in [-0.2, 0) is 9.53 Å². The Kier molecular flexibility index (Phi) is 6.65. The van der Waals surface area contributed by atoms with E-state index in [4.69, 9.17) is 0 Å². The van der Waals surface area contributed by atoms with E-state index in [0.717, 1.165) is 13.2 Å². The molecule has 0 saturated heterocycles. The zero-order valence-corrected chi connectivity index (χ0v) is 12.6. The van der Waals surface area contributed by atoms with Gasteiger partial charge < -0.3 is 15.4 Å². The van der Waals surface area contributed by atoms with Crippen LogP contribution in [0, 0.1) is 11.6 Å². The van der Waals surface area contributed by atoms with Gasteiger partial charge in [-0.05, 0) is 6.07 Å². The zero-order chi connectivity index (χ0) is 19.2. The van der Waals surface area contributed by atoms with Crippen molar-refractivity contribution in [2.24, 2.45) is 0 Å². The van der Waals surface area contributed by atoms with E-state index in [2.05, 4.69) is 10.1 Å². The maximum absolute atomic E-state index is 13.6. The molecule has 1 aromatic carbocycles. The van der Waals surface area contributed by atoms with Crippen molar-refractivity contribution in [1.29, 1.82) is 0 Å². The van der Waals surface area contributed by atoms with Crippen molar-refractivity contribution in [2.45, 2.75) is 6.18 Å². The van der Waals surface area contributed by atoms with Crippen LogP contribution in [0.3, 0.4) is 0 Å². The van der Waals surface area contributed by atoms with Crippen LogP contribution in [0.25, 0.3) is 0 Å². The Morgan fingerprint density at radius 1 is 1.12 bits per heavy atom. The number of nitrogens with one attached hydrogen (secondary N) is 3. The lowest BCUT2D eigenvalue weighted by molar-refractivity contribution is -0.124. The lowest BCUT2D eigenvalue weighted by Gasteiger charge is -2.11. The lowest BCUT2D eigenvalue weighted by atomic mass is 10.1. The number of halogens is 5. The highest BCUT2D eigenvalue weighted by Crippen LogP contribution is 2.20. The van der Waals surface area contributed by atoms with Crippen molar-refractivity contribution in [3.05, 3.63) is 29.3 Å². The SMILES string of the molecule is COC(=O)c1cc(NCC(=O)NC(=O)NCC(F)(F)F)c(F)cc1F. The van der Waals surface area contributed by atoms with E-state index in [0.29, 0.717) is 6.07 Å². The van der Waals surface area contributed by atoms with Gasteiger partial charge in [0.15, 0.2) is 0 Å². The molecule has 0 saturated carbocycles. The van der Waals surface area contributed by atoms with E-state index >= 15 is 0 Å². The monoisotopic (exact) mass is 369 g/mol. The highest BCUT2D eigenvalue weighted by Gasteiger charge is 2.28. The summed E-state index contributed by atoms with van der Waals surface area (Å²) in [6.07, 6.45) is -4.65. The van der Waals surface area contributed by atoms with Crippen molar-refractivity contribution < 1.29 is 41.1 Å². The number of benzene rings is 1. The maximum atomic E-state index is 13.6. The van der Waals surface area contributed by atoms with Crippen LogP contribution in [0.2, 0.25) is 0 Å². The van der Waals surface area contributed by atoms with Crippen molar-refractivity contribution in [1.82, 2.24) is 10.6 Å². The summed E-state index contributed by atoms with van der Waals surface area (Å²) >= 11 is 0. The van der Waals surface area contributed by atoms with E-state index in [1.54, 1.807) is 5.32 Å². The molecule has 0 spiro atoms. The van der Waals surface area contributed by atoms with E-state index in [9.17, 15) is 36.3 Å². The molecule has 1 aromatic rings. The number of urea groups is 1. The molecular weight excluding hydrogens is 357 g/mol. The fraction of sp³-hybridized carbons (Fsp3) is 0.308. The Morgan fingerprint density at radius 3 is 2.32 bits per heavy atom. The minimum absolute atomic E-state index is 0.378. The Bertz CT molecular complexity index is 678. The Labute approximate surface area is 137 Å². The van der Waals surface area contributed by atoms with Gasteiger partial charge in [0.2, 0.25) is 5.91 Å². The molecule has 3 amide bonds. The van der Waals surface area contributed by atoms with Gasteiger partial charge in [-0.1, -0.05) is 0 Å². The molecule has 0 fully saturated rings. The number of amides is 3. The number of esters is 1. The Hall–Kier alpha value is -2.92. The van der Waals surface area contributed by atoms with Gasteiger partial charge in [0.1, 0.15) is 18.2 Å². The largest absolute Gasteiger partial charge is 0.465 e. The molecule has 7 nitrogen and oxygen atoms in total. The van der Waals surface area contributed by atoms with Crippen LogP contribution in [0.15, 0.2) is 12.1 Å². The highest BCUT2D eigenvalue weighted by atomic mass is 19.4. The van der Waals surface area contributed by atoms with Crippen molar-refractivity contribution in [3.8, 4) is 0 Å². The molecule has 0 heterocycles. The van der Waals surface area contributed by atoms with Gasteiger partial charge in [-0.25, -0.2) is 18.4 Å². The van der Waals surface area contributed by atoms with Gasteiger partial charge >= 0.3 is 18.2 Å². The van der Waals surface area contributed by atoms with E-state index < -0.39 is 60.1 Å². The van der Waals surface area contributed by atoms with Crippen LogP contribution in [0.4, 0.5) is 32.4 Å². The molecule has 25 heavy (non-hydrogen) atoms. The fourth-order valence-corrected chi connectivity index (χ4v) is 1.52. The van der Waals surface area contributed by atoms with Gasteiger partial charge in [0.05, 0.1) is 24.9 Å². The second-order valence-electron chi connectivity index (χ2n) is 4.50. The molecule has 1 rings (SSSR count). The van der Waals surface area contributed by atoms with Crippen molar-refractivity contribution >= 4 is 23.6 Å². The summed E-state index contributed by atoms with van der Waals surface area (Å²) in [6, 6.07) is -0.283. The molecule has 0 aromatic heterocycles. The molecule has 138 valence electrons. The number of carbonyl (C=O) groups is 3. The molecule has 0 bridgehead atoms. The van der Waals surface area contributed by atoms with Gasteiger partial charge in [0.25, 0.3) is 0 Å². The quantitative estimate of drug-likeness (QED) is 0.541.